The number of methoxy groups -OCH3 is 1. The van der Waals surface area contributed by atoms with Crippen molar-refractivity contribution in [1.82, 2.24) is 0 Å². The molecule has 0 atom stereocenters. The molecule has 0 rings (SSSR count). The molecule has 0 aromatic carbocycles. The molecule has 0 heterocycles. The second kappa shape index (κ2) is 17.5. The molecule has 0 radical (unpaired) electrons. The molecule has 80 valence electrons. The Kier molecular flexibility index (Phi) is 20.2. The maximum atomic E-state index is 8.95. The predicted octanol–water partition coefficient (Wildman–Crippen LogP) is 3.55. The molecule has 0 saturated carbocycles. The van der Waals surface area contributed by atoms with E-state index in [4.69, 9.17) is 4.79 Å². The van der Waals surface area contributed by atoms with Crippen LogP contribution in [0.15, 0.2) is 0 Å². The highest BCUT2D eigenvalue weighted by Gasteiger charge is 1.85. The van der Waals surface area contributed by atoms with Crippen LogP contribution in [-0.2, 0) is 9.53 Å². The Labute approximate surface area is 82.7 Å². The van der Waals surface area contributed by atoms with Gasteiger partial charge in [-0.3, -0.25) is 4.79 Å². The lowest BCUT2D eigenvalue weighted by Crippen LogP contribution is -1.76. The van der Waals surface area contributed by atoms with E-state index < -0.39 is 0 Å². The average molecular weight is 188 g/mol. The number of ether oxygens (including phenoxy) is 1. The molecule has 0 aliphatic rings. The third kappa shape index (κ3) is 24.6. The topological polar surface area (TPSA) is 26.3 Å². The third-order valence-electron chi connectivity index (χ3n) is 1.80. The van der Waals surface area contributed by atoms with Crippen molar-refractivity contribution in [2.24, 2.45) is 0 Å². The maximum absolute atomic E-state index is 8.95. The van der Waals surface area contributed by atoms with Gasteiger partial charge >= 0.3 is 0 Å². The molecule has 0 aromatic heterocycles. The Morgan fingerprint density at radius 2 is 1.23 bits per heavy atom. The van der Waals surface area contributed by atoms with Gasteiger partial charge in [0.25, 0.3) is 6.47 Å². The molecule has 0 aliphatic heterocycles. The summed E-state index contributed by atoms with van der Waals surface area (Å²) >= 11 is 0. The van der Waals surface area contributed by atoms with E-state index in [9.17, 15) is 0 Å². The Balaban J connectivity index is 0. The lowest BCUT2D eigenvalue weighted by Gasteiger charge is -1.96. The first-order valence-electron chi connectivity index (χ1n) is 5.29. The fourth-order valence-electron chi connectivity index (χ4n) is 1.03. The number of carbonyl (C=O) groups is 1. The van der Waals surface area contributed by atoms with E-state index in [1.807, 2.05) is 0 Å². The van der Waals surface area contributed by atoms with Crippen LogP contribution in [0.5, 0.6) is 0 Å². The van der Waals surface area contributed by atoms with Gasteiger partial charge in [-0.05, 0) is 0 Å². The van der Waals surface area contributed by atoms with Crippen LogP contribution in [0.2, 0.25) is 0 Å². The smallest absolute Gasteiger partial charge is 0.292 e. The normalized spacial score (nSPS) is 8.54. The van der Waals surface area contributed by atoms with Crippen LogP contribution in [0.25, 0.3) is 0 Å². The van der Waals surface area contributed by atoms with Gasteiger partial charge in [0.2, 0.25) is 0 Å². The van der Waals surface area contributed by atoms with Crippen molar-refractivity contribution < 1.29 is 9.53 Å². The summed E-state index contributed by atoms with van der Waals surface area (Å²) in [5, 5.41) is 0. The maximum Gasteiger partial charge on any atom is 0.292 e. The van der Waals surface area contributed by atoms with Crippen LogP contribution in [-0.4, -0.2) is 13.6 Å². The molecule has 2 nitrogen and oxygen atoms in total. The predicted molar refractivity (Wildman–Crippen MR) is 56.7 cm³/mol. The van der Waals surface area contributed by atoms with Crippen molar-refractivity contribution in [3.8, 4) is 0 Å². The van der Waals surface area contributed by atoms with Crippen molar-refractivity contribution in [3.05, 3.63) is 0 Å². The lowest BCUT2D eigenvalue weighted by atomic mass is 10.1. The zero-order valence-corrected chi connectivity index (χ0v) is 9.34. The molecule has 0 bridgehead atoms. The number of carbonyl (C=O) groups excluding carboxylic acids is 1. The minimum Gasteiger partial charge on any atom is -0.471 e. The van der Waals surface area contributed by atoms with E-state index in [0.29, 0.717) is 6.47 Å². The van der Waals surface area contributed by atoms with Crippen LogP contribution in [0, 0.1) is 0 Å². The fraction of sp³-hybridized carbons (Fsp3) is 0.909. The zero-order chi connectivity index (χ0) is 10.4. The number of rotatable bonds is 7. The van der Waals surface area contributed by atoms with E-state index in [2.05, 4.69) is 18.6 Å². The van der Waals surface area contributed by atoms with Gasteiger partial charge in [-0.2, -0.15) is 0 Å². The highest BCUT2D eigenvalue weighted by atomic mass is 16.5. The number of hydrogen-bond donors (Lipinski definition) is 0. The van der Waals surface area contributed by atoms with Crippen LogP contribution in [0.1, 0.15) is 58.8 Å². The van der Waals surface area contributed by atoms with E-state index in [-0.39, 0.29) is 0 Å². The highest BCUT2D eigenvalue weighted by molar-refractivity contribution is 5.36. The molecule has 0 N–H and O–H groups in total. The Hall–Kier alpha value is -0.530. The first-order chi connectivity index (χ1) is 6.33. The van der Waals surface area contributed by atoms with Crippen LogP contribution < -0.4 is 0 Å². The zero-order valence-electron chi connectivity index (χ0n) is 9.34. The number of unbranched alkanes of at least 4 members (excludes halogenated alkanes) is 6. The van der Waals surface area contributed by atoms with Crippen LogP contribution >= 0.6 is 0 Å². The SMILES string of the molecule is CCCCCCCCC.COC=O. The van der Waals surface area contributed by atoms with E-state index in [1.54, 1.807) is 0 Å². The largest absolute Gasteiger partial charge is 0.471 e. The second-order valence-electron chi connectivity index (χ2n) is 3.10. The third-order valence-corrected chi connectivity index (χ3v) is 1.80. The summed E-state index contributed by atoms with van der Waals surface area (Å²) in [6.45, 7) is 4.90. The minimum atomic E-state index is 0.375. The second-order valence-corrected chi connectivity index (χ2v) is 3.10. The molecule has 2 heteroatoms. The Morgan fingerprint density at radius 1 is 0.923 bits per heavy atom. The van der Waals surface area contributed by atoms with Gasteiger partial charge in [-0.25, -0.2) is 0 Å². The lowest BCUT2D eigenvalue weighted by molar-refractivity contribution is -0.126. The van der Waals surface area contributed by atoms with Crippen molar-refractivity contribution in [2.75, 3.05) is 7.11 Å². The molecule has 0 amide bonds. The minimum absolute atomic E-state index is 0.375. The van der Waals surface area contributed by atoms with E-state index in [0.717, 1.165) is 0 Å². The average Bonchev–Trinajstić information content (AvgIpc) is 2.18. The molecule has 0 spiro atoms. The standard InChI is InChI=1S/C9H20.C2H4O2/c1-3-5-7-9-8-6-4-2;1-4-2-3/h3-9H2,1-2H3;2H,1H3. The molecule has 0 aromatic rings. The molecule has 0 unspecified atom stereocenters. The molecule has 13 heavy (non-hydrogen) atoms. The van der Waals surface area contributed by atoms with Gasteiger partial charge in [0, 0.05) is 0 Å². The van der Waals surface area contributed by atoms with Crippen molar-refractivity contribution in [3.63, 3.8) is 0 Å². The van der Waals surface area contributed by atoms with Gasteiger partial charge in [0.05, 0.1) is 7.11 Å². The van der Waals surface area contributed by atoms with Crippen molar-refractivity contribution in [2.45, 2.75) is 58.8 Å². The molecular weight excluding hydrogens is 164 g/mol. The molecule has 0 aliphatic carbocycles. The summed E-state index contributed by atoms with van der Waals surface area (Å²) < 4.78 is 3.86. The van der Waals surface area contributed by atoms with Crippen molar-refractivity contribution >= 4 is 6.47 Å². The summed E-state index contributed by atoms with van der Waals surface area (Å²) in [5.41, 5.74) is 0. The Morgan fingerprint density at radius 3 is 1.46 bits per heavy atom. The monoisotopic (exact) mass is 188 g/mol. The molecular formula is C11H24O2. The van der Waals surface area contributed by atoms with Gasteiger partial charge in [0.15, 0.2) is 0 Å². The summed E-state index contributed by atoms with van der Waals surface area (Å²) in [5.74, 6) is 0. The molecule has 0 saturated heterocycles. The summed E-state index contributed by atoms with van der Waals surface area (Å²) in [6.07, 6.45) is 9.97. The van der Waals surface area contributed by atoms with E-state index >= 15 is 0 Å². The summed E-state index contributed by atoms with van der Waals surface area (Å²) in [4.78, 5) is 8.95. The van der Waals surface area contributed by atoms with Gasteiger partial charge < -0.3 is 4.74 Å². The fourth-order valence-corrected chi connectivity index (χ4v) is 1.03. The van der Waals surface area contributed by atoms with Crippen LogP contribution in [0.3, 0.4) is 0 Å². The Bertz CT molecular complexity index is 76.2. The quantitative estimate of drug-likeness (QED) is 0.451. The first-order valence-corrected chi connectivity index (χ1v) is 5.29. The number of hydrogen-bond acceptors (Lipinski definition) is 2. The van der Waals surface area contributed by atoms with Crippen LogP contribution in [0.4, 0.5) is 0 Å². The van der Waals surface area contributed by atoms with E-state index in [1.165, 1.54) is 52.1 Å². The summed E-state index contributed by atoms with van der Waals surface area (Å²) in [7, 11) is 1.31. The highest BCUT2D eigenvalue weighted by Crippen LogP contribution is 2.05. The van der Waals surface area contributed by atoms with Crippen molar-refractivity contribution in [1.29, 1.82) is 0 Å². The first kappa shape index (κ1) is 15.0. The van der Waals surface area contributed by atoms with Gasteiger partial charge in [-0.1, -0.05) is 58.8 Å². The van der Waals surface area contributed by atoms with Gasteiger partial charge in [-0.15, -0.1) is 0 Å². The van der Waals surface area contributed by atoms with Gasteiger partial charge in [0.1, 0.15) is 0 Å². The summed E-state index contributed by atoms with van der Waals surface area (Å²) in [6, 6.07) is 0. The molecule has 0 fully saturated rings.